The molecule has 0 aliphatic carbocycles. The van der Waals surface area contributed by atoms with Gasteiger partial charge in [-0.2, -0.15) is 8.75 Å². The zero-order valence-corrected chi connectivity index (χ0v) is 7.96. The highest BCUT2D eigenvalue weighted by atomic mass is 32.1. The quantitative estimate of drug-likeness (QED) is 0.638. The average molecular weight is 200 g/mol. The number of rotatable bonds is 0. The third-order valence-electron chi connectivity index (χ3n) is 1.35. The van der Waals surface area contributed by atoms with Crippen LogP contribution in [0.2, 0.25) is 0 Å². The van der Waals surface area contributed by atoms with Crippen molar-refractivity contribution in [1.29, 1.82) is 0 Å². The lowest BCUT2D eigenvalue weighted by Gasteiger charge is -1.94. The first-order valence-electron chi connectivity index (χ1n) is 2.91. The fraction of sp³-hybridized carbons (Fsp3) is 0. The molecule has 2 aromatic rings. The summed E-state index contributed by atoms with van der Waals surface area (Å²) in [4.78, 5) is 1.68. The Morgan fingerprint density at radius 3 is 1.91 bits per heavy atom. The highest BCUT2D eigenvalue weighted by Gasteiger charge is 2.01. The minimum Gasteiger partial charge on any atom is -0.173 e. The number of benzene rings is 1. The number of fused-ring (bicyclic) bond motifs is 1. The van der Waals surface area contributed by atoms with E-state index < -0.39 is 0 Å². The summed E-state index contributed by atoms with van der Waals surface area (Å²) in [6.07, 6.45) is 0. The van der Waals surface area contributed by atoms with Crippen molar-refractivity contribution in [3.05, 3.63) is 12.1 Å². The van der Waals surface area contributed by atoms with Gasteiger partial charge in [0.05, 0.1) is 11.7 Å². The molecule has 0 radical (unpaired) electrons. The minimum absolute atomic E-state index is 0.841. The molecule has 2 nitrogen and oxygen atoms in total. The van der Waals surface area contributed by atoms with Crippen LogP contribution in [0.15, 0.2) is 21.9 Å². The maximum absolute atomic E-state index is 4.21. The summed E-state index contributed by atoms with van der Waals surface area (Å²) in [5, 5.41) is 0. The first-order valence-corrected chi connectivity index (χ1v) is 4.54. The van der Waals surface area contributed by atoms with Gasteiger partial charge in [0.1, 0.15) is 11.0 Å². The standard InChI is InChI=1S/C6H4N2S3/c9-5-1-3-4(2-6(5)10)8-11-7-3/h1-2,9-10H. The molecule has 0 amide bonds. The van der Waals surface area contributed by atoms with Gasteiger partial charge in [-0.3, -0.25) is 0 Å². The van der Waals surface area contributed by atoms with Crippen molar-refractivity contribution in [3.8, 4) is 0 Å². The summed E-state index contributed by atoms with van der Waals surface area (Å²) < 4.78 is 8.14. The maximum Gasteiger partial charge on any atom is 0.105 e. The fourth-order valence-corrected chi connectivity index (χ4v) is 1.69. The second-order valence-electron chi connectivity index (χ2n) is 2.09. The van der Waals surface area contributed by atoms with Crippen molar-refractivity contribution in [3.63, 3.8) is 0 Å². The minimum atomic E-state index is 0.841. The Labute approximate surface area is 78.8 Å². The summed E-state index contributed by atoms with van der Waals surface area (Å²) >= 11 is 9.62. The molecule has 0 aliphatic heterocycles. The third kappa shape index (κ3) is 1.23. The van der Waals surface area contributed by atoms with Crippen LogP contribution in [0, 0.1) is 0 Å². The number of aromatic nitrogens is 2. The molecule has 2 rings (SSSR count). The van der Waals surface area contributed by atoms with Gasteiger partial charge in [-0.15, -0.1) is 25.3 Å². The summed E-state index contributed by atoms with van der Waals surface area (Å²) in [6.45, 7) is 0. The summed E-state index contributed by atoms with van der Waals surface area (Å²) in [7, 11) is 0. The Kier molecular flexibility index (Phi) is 1.78. The van der Waals surface area contributed by atoms with Gasteiger partial charge in [0.25, 0.3) is 0 Å². The van der Waals surface area contributed by atoms with E-state index in [1.165, 1.54) is 11.7 Å². The monoisotopic (exact) mass is 200 g/mol. The average Bonchev–Trinajstić information content (AvgIpc) is 2.36. The molecule has 0 saturated heterocycles. The Morgan fingerprint density at radius 2 is 1.45 bits per heavy atom. The number of thiol groups is 2. The van der Waals surface area contributed by atoms with Gasteiger partial charge < -0.3 is 0 Å². The molecule has 0 aliphatic rings. The van der Waals surface area contributed by atoms with Crippen LogP contribution in [-0.2, 0) is 0 Å². The van der Waals surface area contributed by atoms with Crippen LogP contribution in [-0.4, -0.2) is 8.75 Å². The highest BCUT2D eigenvalue weighted by Crippen LogP contribution is 2.23. The zero-order chi connectivity index (χ0) is 7.84. The lowest BCUT2D eigenvalue weighted by atomic mass is 10.3. The predicted octanol–water partition coefficient (Wildman–Crippen LogP) is 2.27. The molecule has 0 unspecified atom stereocenters. The van der Waals surface area contributed by atoms with Gasteiger partial charge in [0.15, 0.2) is 0 Å². The van der Waals surface area contributed by atoms with Crippen LogP contribution >= 0.6 is 37.0 Å². The van der Waals surface area contributed by atoms with Crippen LogP contribution in [0.3, 0.4) is 0 Å². The zero-order valence-electron chi connectivity index (χ0n) is 5.35. The van der Waals surface area contributed by atoms with Crippen molar-refractivity contribution < 1.29 is 0 Å². The van der Waals surface area contributed by atoms with Crippen molar-refractivity contribution in [2.24, 2.45) is 0 Å². The van der Waals surface area contributed by atoms with Crippen molar-refractivity contribution in [1.82, 2.24) is 8.75 Å². The third-order valence-corrected chi connectivity index (χ3v) is 2.82. The van der Waals surface area contributed by atoms with Crippen LogP contribution < -0.4 is 0 Å². The van der Waals surface area contributed by atoms with Crippen molar-refractivity contribution in [2.45, 2.75) is 9.79 Å². The largest absolute Gasteiger partial charge is 0.173 e. The van der Waals surface area contributed by atoms with E-state index >= 15 is 0 Å². The molecule has 1 heterocycles. The van der Waals surface area contributed by atoms with Crippen molar-refractivity contribution in [2.75, 3.05) is 0 Å². The van der Waals surface area contributed by atoms with E-state index in [-0.39, 0.29) is 0 Å². The van der Waals surface area contributed by atoms with E-state index in [0.29, 0.717) is 0 Å². The number of hydrogen-bond donors (Lipinski definition) is 2. The normalized spacial score (nSPS) is 10.7. The van der Waals surface area contributed by atoms with Crippen LogP contribution in [0.25, 0.3) is 11.0 Å². The molecule has 0 fully saturated rings. The second-order valence-corrected chi connectivity index (χ2v) is 3.59. The Balaban J connectivity index is 2.86. The molecule has 5 heteroatoms. The Hall–Kier alpha value is -0.260. The molecule has 11 heavy (non-hydrogen) atoms. The maximum atomic E-state index is 4.21. The Bertz CT molecular complexity index is 360. The number of hydrogen-bond acceptors (Lipinski definition) is 5. The number of nitrogens with zero attached hydrogens (tertiary/aromatic N) is 2. The van der Waals surface area contributed by atoms with Crippen molar-refractivity contribution >= 4 is 48.0 Å². The van der Waals surface area contributed by atoms with E-state index in [4.69, 9.17) is 0 Å². The predicted molar refractivity (Wildman–Crippen MR) is 51.9 cm³/mol. The van der Waals surface area contributed by atoms with Gasteiger partial charge in [0.2, 0.25) is 0 Å². The molecule has 0 spiro atoms. The SMILES string of the molecule is Sc1cc2nsnc2cc1S. The van der Waals surface area contributed by atoms with E-state index in [1.807, 2.05) is 12.1 Å². The summed E-state index contributed by atoms with van der Waals surface area (Å²) in [5.41, 5.74) is 1.77. The highest BCUT2D eigenvalue weighted by molar-refractivity contribution is 7.83. The molecule has 1 aromatic carbocycles. The molecule has 0 atom stereocenters. The summed E-state index contributed by atoms with van der Waals surface area (Å²) in [5.74, 6) is 0. The van der Waals surface area contributed by atoms with Gasteiger partial charge in [-0.1, -0.05) is 0 Å². The smallest absolute Gasteiger partial charge is 0.105 e. The van der Waals surface area contributed by atoms with E-state index in [1.54, 1.807) is 0 Å². The first-order chi connectivity index (χ1) is 5.27. The Morgan fingerprint density at radius 1 is 1.00 bits per heavy atom. The van der Waals surface area contributed by atoms with Crippen LogP contribution in [0.1, 0.15) is 0 Å². The van der Waals surface area contributed by atoms with Gasteiger partial charge in [-0.05, 0) is 12.1 Å². The van der Waals surface area contributed by atoms with Crippen LogP contribution in [0.4, 0.5) is 0 Å². The van der Waals surface area contributed by atoms with Gasteiger partial charge >= 0.3 is 0 Å². The lowest BCUT2D eigenvalue weighted by molar-refractivity contribution is 1.29. The van der Waals surface area contributed by atoms with E-state index in [0.717, 1.165) is 20.8 Å². The fourth-order valence-electron chi connectivity index (χ4n) is 0.809. The molecule has 56 valence electrons. The van der Waals surface area contributed by atoms with E-state index in [9.17, 15) is 0 Å². The first kappa shape index (κ1) is 7.39. The molecule has 0 saturated carbocycles. The van der Waals surface area contributed by atoms with Gasteiger partial charge in [-0.25, -0.2) is 0 Å². The molecule has 0 N–H and O–H groups in total. The van der Waals surface area contributed by atoms with Crippen LogP contribution in [0.5, 0.6) is 0 Å². The molecular weight excluding hydrogens is 196 g/mol. The molecular formula is C6H4N2S3. The van der Waals surface area contributed by atoms with E-state index in [2.05, 4.69) is 34.0 Å². The second kappa shape index (κ2) is 2.66. The molecule has 0 bridgehead atoms. The lowest BCUT2D eigenvalue weighted by Crippen LogP contribution is -1.73. The topological polar surface area (TPSA) is 25.8 Å². The summed E-state index contributed by atoms with van der Waals surface area (Å²) in [6, 6.07) is 3.73. The van der Waals surface area contributed by atoms with Gasteiger partial charge in [0, 0.05) is 9.79 Å². The molecule has 1 aromatic heterocycles.